The van der Waals surface area contributed by atoms with E-state index in [0.717, 1.165) is 49.5 Å². The average molecular weight is 361 g/mol. The van der Waals surface area contributed by atoms with Crippen LogP contribution in [0.1, 0.15) is 50.7 Å². The summed E-state index contributed by atoms with van der Waals surface area (Å²) in [5.74, 6) is 2.14. The molecule has 0 radical (unpaired) electrons. The molecule has 1 aliphatic heterocycles. The highest BCUT2D eigenvalue weighted by Crippen LogP contribution is 2.33. The molecule has 0 saturated carbocycles. The third-order valence-electron chi connectivity index (χ3n) is 5.24. The van der Waals surface area contributed by atoms with E-state index in [-0.39, 0.29) is 17.4 Å². The highest BCUT2D eigenvalue weighted by Gasteiger charge is 2.29. The number of anilines is 1. The first-order valence-corrected chi connectivity index (χ1v) is 9.98. The van der Waals surface area contributed by atoms with Gasteiger partial charge in [-0.2, -0.15) is 0 Å². The molecule has 0 unspecified atom stereocenters. The van der Waals surface area contributed by atoms with Gasteiger partial charge in [0.05, 0.1) is 10.9 Å². The van der Waals surface area contributed by atoms with Gasteiger partial charge in [-0.3, -0.25) is 4.79 Å². The van der Waals surface area contributed by atoms with Crippen LogP contribution in [0.15, 0.2) is 5.38 Å². The number of thiophene rings is 1. The van der Waals surface area contributed by atoms with E-state index in [2.05, 4.69) is 48.3 Å². The van der Waals surface area contributed by atoms with Gasteiger partial charge in [0, 0.05) is 34.8 Å². The Morgan fingerprint density at radius 3 is 2.64 bits per heavy atom. The summed E-state index contributed by atoms with van der Waals surface area (Å²) in [6.07, 6.45) is 2.69. The molecule has 0 aliphatic carbocycles. The van der Waals surface area contributed by atoms with Gasteiger partial charge < -0.3 is 10.2 Å². The molecule has 2 aromatic rings. The van der Waals surface area contributed by atoms with Crippen LogP contribution in [0, 0.1) is 19.8 Å². The SMILES string of the molecule is CCC(C)(C)NC(=O)C1CCN(c2nc(C)nc3csc(C)c23)CC1. The molecule has 5 nitrogen and oxygen atoms in total. The van der Waals surface area contributed by atoms with Crippen LogP contribution in [0.2, 0.25) is 0 Å². The van der Waals surface area contributed by atoms with E-state index < -0.39 is 0 Å². The fourth-order valence-corrected chi connectivity index (χ4v) is 4.08. The summed E-state index contributed by atoms with van der Waals surface area (Å²) in [7, 11) is 0. The molecule has 136 valence electrons. The Kier molecular flexibility index (Phi) is 5.00. The maximum atomic E-state index is 12.5. The van der Waals surface area contributed by atoms with Crippen LogP contribution in [0.3, 0.4) is 0 Å². The average Bonchev–Trinajstić information content (AvgIpc) is 2.95. The lowest BCUT2D eigenvalue weighted by Crippen LogP contribution is -2.48. The van der Waals surface area contributed by atoms with Crippen molar-refractivity contribution >= 4 is 34.0 Å². The number of nitrogens with one attached hydrogen (secondary N) is 1. The Hall–Kier alpha value is -1.69. The molecule has 1 fully saturated rings. The van der Waals surface area contributed by atoms with Crippen molar-refractivity contribution in [3.8, 4) is 0 Å². The predicted octanol–water partition coefficient (Wildman–Crippen LogP) is 3.83. The molecule has 3 rings (SSSR count). The first kappa shape index (κ1) is 18.1. The van der Waals surface area contributed by atoms with E-state index in [4.69, 9.17) is 4.98 Å². The Morgan fingerprint density at radius 1 is 1.32 bits per heavy atom. The Bertz CT molecular complexity index is 775. The minimum Gasteiger partial charge on any atom is -0.356 e. The van der Waals surface area contributed by atoms with Gasteiger partial charge in [-0.15, -0.1) is 11.3 Å². The first-order chi connectivity index (χ1) is 11.8. The topological polar surface area (TPSA) is 58.1 Å². The second-order valence-corrected chi connectivity index (χ2v) is 8.72. The second kappa shape index (κ2) is 6.90. The van der Waals surface area contributed by atoms with Gasteiger partial charge in [0.2, 0.25) is 5.91 Å². The third kappa shape index (κ3) is 3.78. The number of carbonyl (C=O) groups excluding carboxylic acids is 1. The van der Waals surface area contributed by atoms with E-state index in [1.807, 2.05) is 6.92 Å². The summed E-state index contributed by atoms with van der Waals surface area (Å²) in [5.41, 5.74) is 0.910. The number of nitrogens with zero attached hydrogens (tertiary/aromatic N) is 3. The summed E-state index contributed by atoms with van der Waals surface area (Å²) < 4.78 is 0. The number of fused-ring (bicyclic) bond motifs is 1. The maximum Gasteiger partial charge on any atom is 0.223 e. The molecule has 25 heavy (non-hydrogen) atoms. The minimum atomic E-state index is -0.127. The van der Waals surface area contributed by atoms with Crippen molar-refractivity contribution in [2.75, 3.05) is 18.0 Å². The summed E-state index contributed by atoms with van der Waals surface area (Å²) in [5, 5.41) is 6.47. The van der Waals surface area contributed by atoms with Gasteiger partial charge in [0.15, 0.2) is 0 Å². The standard InChI is InChI=1S/C19H28N4OS/c1-6-19(4,5)22-18(24)14-7-9-23(10-8-14)17-16-12(2)25-11-15(16)20-13(3)21-17/h11,14H,6-10H2,1-5H3,(H,22,24). The van der Waals surface area contributed by atoms with Crippen LogP contribution in [-0.4, -0.2) is 34.5 Å². The molecule has 3 heterocycles. The molecular formula is C19H28N4OS. The van der Waals surface area contributed by atoms with Crippen LogP contribution < -0.4 is 10.2 Å². The molecule has 0 atom stereocenters. The molecule has 0 bridgehead atoms. The monoisotopic (exact) mass is 360 g/mol. The van der Waals surface area contributed by atoms with Crippen molar-refractivity contribution in [3.63, 3.8) is 0 Å². The van der Waals surface area contributed by atoms with Crippen molar-refractivity contribution in [2.24, 2.45) is 5.92 Å². The van der Waals surface area contributed by atoms with Gasteiger partial charge in [-0.1, -0.05) is 6.92 Å². The van der Waals surface area contributed by atoms with Gasteiger partial charge in [0.1, 0.15) is 11.6 Å². The lowest BCUT2D eigenvalue weighted by atomic mass is 9.93. The molecular weight excluding hydrogens is 332 g/mol. The number of hydrogen-bond donors (Lipinski definition) is 1. The van der Waals surface area contributed by atoms with Crippen LogP contribution >= 0.6 is 11.3 Å². The van der Waals surface area contributed by atoms with E-state index in [1.165, 1.54) is 10.3 Å². The molecule has 0 spiro atoms. The Labute approximate surface area is 153 Å². The van der Waals surface area contributed by atoms with Crippen molar-refractivity contribution in [2.45, 2.75) is 59.4 Å². The largest absolute Gasteiger partial charge is 0.356 e. The zero-order chi connectivity index (χ0) is 18.2. The van der Waals surface area contributed by atoms with Crippen molar-refractivity contribution in [1.82, 2.24) is 15.3 Å². The van der Waals surface area contributed by atoms with E-state index in [1.54, 1.807) is 11.3 Å². The van der Waals surface area contributed by atoms with E-state index in [0.29, 0.717) is 0 Å². The summed E-state index contributed by atoms with van der Waals surface area (Å²) >= 11 is 1.73. The lowest BCUT2D eigenvalue weighted by Gasteiger charge is -2.34. The number of piperidine rings is 1. The summed E-state index contributed by atoms with van der Waals surface area (Å²) in [4.78, 5) is 25.4. The van der Waals surface area contributed by atoms with E-state index >= 15 is 0 Å². The lowest BCUT2D eigenvalue weighted by molar-refractivity contribution is -0.127. The fraction of sp³-hybridized carbons (Fsp3) is 0.632. The molecule has 1 aliphatic rings. The molecule has 1 N–H and O–H groups in total. The van der Waals surface area contributed by atoms with Crippen LogP contribution in [-0.2, 0) is 4.79 Å². The number of carbonyl (C=O) groups is 1. The van der Waals surface area contributed by atoms with Gasteiger partial charge >= 0.3 is 0 Å². The summed E-state index contributed by atoms with van der Waals surface area (Å²) in [6.45, 7) is 12.1. The highest BCUT2D eigenvalue weighted by atomic mass is 32.1. The number of rotatable bonds is 4. The molecule has 1 saturated heterocycles. The van der Waals surface area contributed by atoms with Gasteiger partial charge in [0.25, 0.3) is 0 Å². The number of aryl methyl sites for hydroxylation is 2. The highest BCUT2D eigenvalue weighted by molar-refractivity contribution is 7.11. The van der Waals surface area contributed by atoms with Crippen molar-refractivity contribution in [3.05, 3.63) is 16.1 Å². The zero-order valence-electron chi connectivity index (χ0n) is 15.8. The fourth-order valence-electron chi connectivity index (χ4n) is 3.31. The predicted molar refractivity (Wildman–Crippen MR) is 104 cm³/mol. The molecule has 6 heteroatoms. The molecule has 1 amide bonds. The van der Waals surface area contributed by atoms with Crippen molar-refractivity contribution in [1.29, 1.82) is 0 Å². The first-order valence-electron chi connectivity index (χ1n) is 9.10. The molecule has 2 aromatic heterocycles. The van der Waals surface area contributed by atoms with Gasteiger partial charge in [-0.25, -0.2) is 9.97 Å². The van der Waals surface area contributed by atoms with Crippen LogP contribution in [0.25, 0.3) is 10.9 Å². The van der Waals surface area contributed by atoms with Crippen LogP contribution in [0.4, 0.5) is 5.82 Å². The van der Waals surface area contributed by atoms with Gasteiger partial charge in [-0.05, 0) is 47.0 Å². The Morgan fingerprint density at radius 2 is 2.00 bits per heavy atom. The Balaban J connectivity index is 1.73. The number of amides is 1. The maximum absolute atomic E-state index is 12.5. The van der Waals surface area contributed by atoms with Crippen LogP contribution in [0.5, 0.6) is 0 Å². The smallest absolute Gasteiger partial charge is 0.223 e. The third-order valence-corrected chi connectivity index (χ3v) is 6.14. The minimum absolute atomic E-state index is 0.101. The second-order valence-electron chi connectivity index (χ2n) is 7.63. The normalized spacial score (nSPS) is 16.4. The molecule has 0 aromatic carbocycles. The quantitative estimate of drug-likeness (QED) is 0.900. The van der Waals surface area contributed by atoms with E-state index in [9.17, 15) is 4.79 Å². The summed E-state index contributed by atoms with van der Waals surface area (Å²) in [6, 6.07) is 0. The van der Waals surface area contributed by atoms with Crippen molar-refractivity contribution < 1.29 is 4.79 Å². The number of hydrogen-bond acceptors (Lipinski definition) is 5. The number of aromatic nitrogens is 2. The zero-order valence-corrected chi connectivity index (χ0v) is 16.7.